The number of rotatable bonds is 5. The predicted octanol–water partition coefficient (Wildman–Crippen LogP) is 5.54. The molecule has 0 atom stereocenters. The first kappa shape index (κ1) is 23.9. The van der Waals surface area contributed by atoms with Gasteiger partial charge in [-0.05, 0) is 20.8 Å². The summed E-state index contributed by atoms with van der Waals surface area (Å²) < 4.78 is 8.00. The number of nitrogens with zero attached hydrogens (tertiary/aromatic N) is 2. The third-order valence-corrected chi connectivity index (χ3v) is 8.14. The van der Waals surface area contributed by atoms with Crippen molar-refractivity contribution < 1.29 is 9.53 Å². The molecule has 4 nitrogen and oxygen atoms in total. The van der Waals surface area contributed by atoms with E-state index in [9.17, 15) is 4.79 Å². The number of carbonyl (C=O) groups is 1. The monoisotopic (exact) mass is 510 g/mol. The molecule has 33 heavy (non-hydrogen) atoms. The molecule has 1 saturated heterocycles. The molecule has 0 spiro atoms. The quantitative estimate of drug-likeness (QED) is 0.335. The van der Waals surface area contributed by atoms with Gasteiger partial charge in [-0.1, -0.05) is 0 Å². The van der Waals surface area contributed by atoms with Crippen LogP contribution in [0.3, 0.4) is 0 Å². The zero-order valence-electron chi connectivity index (χ0n) is 20.5. The summed E-state index contributed by atoms with van der Waals surface area (Å²) in [5, 5.41) is 0. The van der Waals surface area contributed by atoms with Crippen LogP contribution in [0, 0.1) is 5.92 Å². The molecular formula is C28H34N2O2Se. The van der Waals surface area contributed by atoms with Gasteiger partial charge in [-0.15, -0.1) is 0 Å². The maximum atomic E-state index is 12.2. The first-order valence-electron chi connectivity index (χ1n) is 11.6. The molecule has 0 N–H and O–H groups in total. The van der Waals surface area contributed by atoms with Gasteiger partial charge >= 0.3 is 183 Å². The molecule has 0 aliphatic carbocycles. The third kappa shape index (κ3) is 6.03. The van der Waals surface area contributed by atoms with Gasteiger partial charge in [0.05, 0.1) is 0 Å². The molecule has 1 aliphatic heterocycles. The van der Waals surface area contributed by atoms with Crippen LogP contribution in [-0.2, 0) is 21.5 Å². The molecule has 0 amide bonds. The summed E-state index contributed by atoms with van der Waals surface area (Å²) in [6.07, 6.45) is 2.03. The van der Waals surface area contributed by atoms with Crippen LogP contribution in [0.4, 0.5) is 0 Å². The van der Waals surface area contributed by atoms with Crippen LogP contribution in [0.25, 0.3) is 20.1 Å². The summed E-state index contributed by atoms with van der Waals surface area (Å²) in [6, 6.07) is 17.7. The first-order valence-corrected chi connectivity index (χ1v) is 13.3. The van der Waals surface area contributed by atoms with Crippen molar-refractivity contribution in [2.45, 2.75) is 59.1 Å². The fourth-order valence-corrected chi connectivity index (χ4v) is 5.86. The number of esters is 1. The number of benzene rings is 2. The van der Waals surface area contributed by atoms with Crippen molar-refractivity contribution in [1.29, 1.82) is 0 Å². The number of carbonyl (C=O) groups excluding carboxylic acids is 1. The van der Waals surface area contributed by atoms with Crippen LogP contribution < -0.4 is 0 Å². The van der Waals surface area contributed by atoms with Crippen molar-refractivity contribution in [2.75, 3.05) is 13.1 Å². The second-order valence-corrected chi connectivity index (χ2v) is 13.1. The van der Waals surface area contributed by atoms with Crippen molar-refractivity contribution in [3.8, 4) is 20.1 Å². The molecule has 4 rings (SSSR count). The van der Waals surface area contributed by atoms with Gasteiger partial charge in [-0.2, -0.15) is 0 Å². The molecule has 5 heteroatoms. The number of hydrogen-bond donors (Lipinski definition) is 0. The Morgan fingerprint density at radius 3 is 2.15 bits per heavy atom. The Morgan fingerprint density at radius 2 is 1.58 bits per heavy atom. The van der Waals surface area contributed by atoms with Gasteiger partial charge in [0.25, 0.3) is 0 Å². The molecule has 174 valence electrons. The van der Waals surface area contributed by atoms with Crippen LogP contribution in [0.1, 0.15) is 52.7 Å². The van der Waals surface area contributed by atoms with E-state index in [2.05, 4.69) is 74.2 Å². The average Bonchev–Trinajstić information content (AvgIpc) is 3.19. The van der Waals surface area contributed by atoms with Crippen molar-refractivity contribution in [3.63, 3.8) is 0 Å². The number of likely N-dealkylation sites (tertiary alicyclic amines) is 1. The molecule has 0 radical (unpaired) electrons. The Labute approximate surface area is 203 Å². The number of ether oxygens (including phenoxy) is 1. The molecule has 1 aromatic heterocycles. The third-order valence-electron chi connectivity index (χ3n) is 5.85. The van der Waals surface area contributed by atoms with E-state index >= 15 is 0 Å². The Balaban J connectivity index is 1.34. The molecular weight excluding hydrogens is 475 g/mol. The van der Waals surface area contributed by atoms with Crippen LogP contribution >= 0.6 is 0 Å². The van der Waals surface area contributed by atoms with E-state index in [4.69, 9.17) is 9.72 Å². The normalized spacial score (nSPS) is 15.3. The Morgan fingerprint density at radius 1 is 0.970 bits per heavy atom. The fourth-order valence-electron chi connectivity index (χ4n) is 3.92. The number of hydrogen-bond acceptors (Lipinski definition) is 4. The summed E-state index contributed by atoms with van der Waals surface area (Å²) in [4.78, 5) is 19.2. The summed E-state index contributed by atoms with van der Waals surface area (Å²) in [5.74, 6) is -0.0729. The van der Waals surface area contributed by atoms with E-state index in [0.29, 0.717) is 0 Å². The molecule has 0 saturated carbocycles. The second-order valence-electron chi connectivity index (χ2n) is 11.0. The standard InChI is InChI=1S/C28H34N2O2Se/c1-27(2,3)23-13-11-21(12-14-23)25-29-15-24(33-25)20-9-7-19(8-10-20)16-30-17-22(18-30)26(31)32-28(4,5)6/h7-15,22H,16-18H2,1-6H3. The summed E-state index contributed by atoms with van der Waals surface area (Å²) in [6.45, 7) is 14.9. The zero-order valence-corrected chi connectivity index (χ0v) is 22.2. The van der Waals surface area contributed by atoms with Crippen molar-refractivity contribution >= 4 is 20.5 Å². The minimum absolute atomic E-state index is 0.00266. The van der Waals surface area contributed by atoms with Crippen LogP contribution in [0.5, 0.6) is 0 Å². The summed E-state index contributed by atoms with van der Waals surface area (Å²) >= 11 is 0.211. The topological polar surface area (TPSA) is 42.4 Å². The maximum absolute atomic E-state index is 12.2. The van der Waals surface area contributed by atoms with Crippen molar-refractivity contribution in [3.05, 3.63) is 65.9 Å². The van der Waals surface area contributed by atoms with Gasteiger partial charge in [0.1, 0.15) is 0 Å². The van der Waals surface area contributed by atoms with Crippen LogP contribution in [0.15, 0.2) is 54.7 Å². The van der Waals surface area contributed by atoms with E-state index in [1.165, 1.54) is 31.3 Å². The summed E-state index contributed by atoms with van der Waals surface area (Å²) in [7, 11) is 0. The molecule has 0 bridgehead atoms. The Kier molecular flexibility index (Phi) is 6.68. The van der Waals surface area contributed by atoms with Crippen LogP contribution in [-0.4, -0.2) is 49.0 Å². The number of aromatic nitrogens is 1. The molecule has 3 aromatic rings. The molecule has 2 heterocycles. The Hall–Kier alpha value is -2.20. The van der Waals surface area contributed by atoms with Crippen LogP contribution in [0.2, 0.25) is 0 Å². The van der Waals surface area contributed by atoms with Gasteiger partial charge in [0, 0.05) is 0 Å². The van der Waals surface area contributed by atoms with Crippen molar-refractivity contribution in [1.82, 2.24) is 9.88 Å². The van der Waals surface area contributed by atoms with Gasteiger partial charge in [-0.3, -0.25) is 0 Å². The first-order chi connectivity index (χ1) is 15.5. The average molecular weight is 510 g/mol. The minimum atomic E-state index is -0.413. The SMILES string of the molecule is CC(C)(C)OC(=O)C1CN(Cc2ccc(-c3cnc(-c4ccc(C(C)(C)C)cc4)[se]3)cc2)C1. The van der Waals surface area contributed by atoms with Gasteiger partial charge in [0.2, 0.25) is 0 Å². The fraction of sp³-hybridized carbons (Fsp3) is 0.429. The van der Waals surface area contributed by atoms with Crippen molar-refractivity contribution in [2.24, 2.45) is 5.92 Å². The van der Waals surface area contributed by atoms with E-state index in [0.717, 1.165) is 19.6 Å². The Bertz CT molecular complexity index is 1100. The van der Waals surface area contributed by atoms with E-state index in [1.54, 1.807) is 0 Å². The second kappa shape index (κ2) is 9.21. The molecule has 2 aromatic carbocycles. The molecule has 0 unspecified atom stereocenters. The zero-order chi connectivity index (χ0) is 23.8. The predicted molar refractivity (Wildman–Crippen MR) is 135 cm³/mol. The summed E-state index contributed by atoms with van der Waals surface area (Å²) in [5.41, 5.74) is 4.84. The van der Waals surface area contributed by atoms with E-state index < -0.39 is 5.60 Å². The van der Waals surface area contributed by atoms with Gasteiger partial charge in [-0.25, -0.2) is 0 Å². The van der Waals surface area contributed by atoms with E-state index in [-0.39, 0.29) is 31.8 Å². The van der Waals surface area contributed by atoms with Gasteiger partial charge in [0.15, 0.2) is 0 Å². The van der Waals surface area contributed by atoms with E-state index in [1.807, 2.05) is 27.0 Å². The molecule has 1 fully saturated rings. The molecule has 1 aliphatic rings. The van der Waals surface area contributed by atoms with Gasteiger partial charge < -0.3 is 0 Å².